The molecule has 7 heteroatoms. The molecule has 0 bridgehead atoms. The number of nitrogens with one attached hydrogen (secondary N) is 1. The maximum atomic E-state index is 12.2. The molecule has 2 aliphatic rings. The van der Waals surface area contributed by atoms with E-state index in [1.165, 1.54) is 0 Å². The SMILES string of the molecule is NCc1ccc(C(=O)NC2CCN(S(=O)(=O)C3CC3)CC2)cc1. The smallest absolute Gasteiger partial charge is 0.251 e. The van der Waals surface area contributed by atoms with Crippen LogP contribution in [0.1, 0.15) is 41.6 Å². The van der Waals surface area contributed by atoms with Crippen LogP contribution in [0, 0.1) is 0 Å². The van der Waals surface area contributed by atoms with E-state index in [4.69, 9.17) is 5.73 Å². The zero-order valence-corrected chi connectivity index (χ0v) is 13.9. The van der Waals surface area contributed by atoms with Crippen LogP contribution in [0.25, 0.3) is 0 Å². The Morgan fingerprint density at radius 3 is 2.26 bits per heavy atom. The highest BCUT2D eigenvalue weighted by molar-refractivity contribution is 7.90. The van der Waals surface area contributed by atoms with E-state index in [9.17, 15) is 13.2 Å². The third-order valence-electron chi connectivity index (χ3n) is 4.55. The van der Waals surface area contributed by atoms with Crippen LogP contribution in [0.15, 0.2) is 24.3 Å². The number of sulfonamides is 1. The number of hydrogen-bond acceptors (Lipinski definition) is 4. The molecule has 3 N–H and O–H groups in total. The lowest BCUT2D eigenvalue weighted by Crippen LogP contribution is -2.47. The van der Waals surface area contributed by atoms with E-state index >= 15 is 0 Å². The minimum Gasteiger partial charge on any atom is -0.349 e. The summed E-state index contributed by atoms with van der Waals surface area (Å²) in [4.78, 5) is 12.2. The molecule has 0 radical (unpaired) electrons. The van der Waals surface area contributed by atoms with Crippen molar-refractivity contribution in [2.45, 2.75) is 43.5 Å². The van der Waals surface area contributed by atoms with Crippen LogP contribution in [-0.4, -0.2) is 43.0 Å². The molecule has 1 amide bonds. The van der Waals surface area contributed by atoms with E-state index in [-0.39, 0.29) is 17.2 Å². The zero-order valence-electron chi connectivity index (χ0n) is 13.1. The second-order valence-electron chi connectivity index (χ2n) is 6.29. The van der Waals surface area contributed by atoms with Crippen molar-refractivity contribution in [3.63, 3.8) is 0 Å². The molecule has 0 spiro atoms. The minimum atomic E-state index is -3.09. The highest BCUT2D eigenvalue weighted by Crippen LogP contribution is 2.32. The van der Waals surface area contributed by atoms with Crippen LogP contribution >= 0.6 is 0 Å². The van der Waals surface area contributed by atoms with E-state index in [1.54, 1.807) is 16.4 Å². The standard InChI is InChI=1S/C16H23N3O3S/c17-11-12-1-3-13(4-2-12)16(20)18-14-7-9-19(10-8-14)23(21,22)15-5-6-15/h1-4,14-15H,5-11,17H2,(H,18,20). The number of benzene rings is 1. The predicted molar refractivity (Wildman–Crippen MR) is 88.3 cm³/mol. The molecule has 1 saturated carbocycles. The van der Waals surface area contributed by atoms with E-state index < -0.39 is 10.0 Å². The van der Waals surface area contributed by atoms with Gasteiger partial charge in [0, 0.05) is 31.2 Å². The number of nitrogens with two attached hydrogens (primary N) is 1. The maximum absolute atomic E-state index is 12.2. The number of carbonyl (C=O) groups is 1. The molecule has 1 aromatic carbocycles. The minimum absolute atomic E-state index is 0.0299. The van der Waals surface area contributed by atoms with Crippen molar-refractivity contribution in [2.75, 3.05) is 13.1 Å². The van der Waals surface area contributed by atoms with Crippen molar-refractivity contribution in [3.05, 3.63) is 35.4 Å². The molecular weight excluding hydrogens is 314 g/mol. The van der Waals surface area contributed by atoms with Gasteiger partial charge in [0.2, 0.25) is 10.0 Å². The fraction of sp³-hybridized carbons (Fsp3) is 0.562. The van der Waals surface area contributed by atoms with Gasteiger partial charge >= 0.3 is 0 Å². The van der Waals surface area contributed by atoms with Crippen LogP contribution in [0.5, 0.6) is 0 Å². The van der Waals surface area contributed by atoms with Crippen molar-refractivity contribution >= 4 is 15.9 Å². The summed E-state index contributed by atoms with van der Waals surface area (Å²) in [5.74, 6) is -0.114. The van der Waals surface area contributed by atoms with Gasteiger partial charge < -0.3 is 11.1 Å². The fourth-order valence-electron chi connectivity index (χ4n) is 2.89. The molecule has 1 saturated heterocycles. The van der Waals surface area contributed by atoms with Crippen molar-refractivity contribution in [1.29, 1.82) is 0 Å². The summed E-state index contributed by atoms with van der Waals surface area (Å²) < 4.78 is 26.0. The van der Waals surface area contributed by atoms with E-state index in [1.807, 2.05) is 12.1 Å². The van der Waals surface area contributed by atoms with Gasteiger partial charge in [-0.2, -0.15) is 0 Å². The Kier molecular flexibility index (Phi) is 4.70. The maximum Gasteiger partial charge on any atom is 0.251 e. The number of hydrogen-bond donors (Lipinski definition) is 2. The molecule has 6 nitrogen and oxygen atoms in total. The zero-order chi connectivity index (χ0) is 16.4. The molecule has 1 aromatic rings. The van der Waals surface area contributed by atoms with Crippen LogP contribution in [0.4, 0.5) is 0 Å². The number of carbonyl (C=O) groups excluding carboxylic acids is 1. The fourth-order valence-corrected chi connectivity index (χ4v) is 4.77. The first kappa shape index (κ1) is 16.4. The van der Waals surface area contributed by atoms with E-state index in [0.717, 1.165) is 18.4 Å². The van der Waals surface area contributed by atoms with E-state index in [2.05, 4.69) is 5.32 Å². The van der Waals surface area contributed by atoms with Crippen molar-refractivity contribution in [3.8, 4) is 0 Å². The number of nitrogens with zero attached hydrogens (tertiary/aromatic N) is 1. The molecule has 2 fully saturated rings. The molecule has 1 heterocycles. The summed E-state index contributed by atoms with van der Waals surface area (Å²) in [6.07, 6.45) is 2.91. The number of amides is 1. The average Bonchev–Trinajstić information content (AvgIpc) is 3.41. The van der Waals surface area contributed by atoms with Gasteiger partial charge in [-0.15, -0.1) is 0 Å². The third-order valence-corrected chi connectivity index (χ3v) is 6.95. The molecular formula is C16H23N3O3S. The first-order valence-corrected chi connectivity index (χ1v) is 9.60. The number of piperidine rings is 1. The Morgan fingerprint density at radius 1 is 1.13 bits per heavy atom. The summed E-state index contributed by atoms with van der Waals surface area (Å²) in [5, 5.41) is 2.84. The predicted octanol–water partition coefficient (Wildman–Crippen LogP) is 0.832. The highest BCUT2D eigenvalue weighted by atomic mass is 32.2. The quantitative estimate of drug-likeness (QED) is 0.832. The van der Waals surface area contributed by atoms with Gasteiger partial charge in [0.25, 0.3) is 5.91 Å². The van der Waals surface area contributed by atoms with Crippen molar-refractivity contribution in [1.82, 2.24) is 9.62 Å². The second kappa shape index (κ2) is 6.59. The molecule has 1 aliphatic carbocycles. The number of rotatable bonds is 5. The lowest BCUT2D eigenvalue weighted by molar-refractivity contribution is 0.0924. The molecule has 3 rings (SSSR count). The Morgan fingerprint density at radius 2 is 1.74 bits per heavy atom. The molecule has 0 unspecified atom stereocenters. The molecule has 23 heavy (non-hydrogen) atoms. The first-order valence-electron chi connectivity index (χ1n) is 8.09. The lowest BCUT2D eigenvalue weighted by atomic mass is 10.1. The van der Waals surface area contributed by atoms with Gasteiger partial charge in [-0.05, 0) is 43.4 Å². The Balaban J connectivity index is 1.52. The summed E-state index contributed by atoms with van der Waals surface area (Å²) >= 11 is 0. The second-order valence-corrected chi connectivity index (χ2v) is 8.51. The topological polar surface area (TPSA) is 92.5 Å². The van der Waals surface area contributed by atoms with Gasteiger partial charge in [-0.1, -0.05) is 12.1 Å². The van der Waals surface area contributed by atoms with Crippen molar-refractivity contribution in [2.24, 2.45) is 5.73 Å². The molecule has 0 aromatic heterocycles. The Labute approximate surface area is 137 Å². The van der Waals surface area contributed by atoms with Gasteiger partial charge in [0.1, 0.15) is 0 Å². The first-order chi connectivity index (χ1) is 11.0. The molecule has 1 aliphatic heterocycles. The third kappa shape index (κ3) is 3.73. The monoisotopic (exact) mass is 337 g/mol. The van der Waals surface area contributed by atoms with Gasteiger partial charge in [0.15, 0.2) is 0 Å². The van der Waals surface area contributed by atoms with Crippen LogP contribution in [-0.2, 0) is 16.6 Å². The summed E-state index contributed by atoms with van der Waals surface area (Å²) in [7, 11) is -3.09. The molecule has 0 atom stereocenters. The Hall–Kier alpha value is -1.44. The summed E-state index contributed by atoms with van der Waals surface area (Å²) in [6.45, 7) is 1.45. The average molecular weight is 337 g/mol. The van der Waals surface area contributed by atoms with Crippen LogP contribution in [0.3, 0.4) is 0 Å². The Bertz CT molecular complexity index is 660. The van der Waals surface area contributed by atoms with Gasteiger partial charge in [-0.25, -0.2) is 12.7 Å². The van der Waals surface area contributed by atoms with Crippen LogP contribution < -0.4 is 11.1 Å². The van der Waals surface area contributed by atoms with Crippen molar-refractivity contribution < 1.29 is 13.2 Å². The van der Waals surface area contributed by atoms with Gasteiger partial charge in [0.05, 0.1) is 5.25 Å². The summed E-state index contributed by atoms with van der Waals surface area (Å²) in [6, 6.07) is 7.26. The van der Waals surface area contributed by atoms with Gasteiger partial charge in [-0.3, -0.25) is 4.79 Å². The lowest BCUT2D eigenvalue weighted by Gasteiger charge is -2.31. The molecule has 126 valence electrons. The normalized spacial score (nSPS) is 20.4. The highest BCUT2D eigenvalue weighted by Gasteiger charge is 2.41. The van der Waals surface area contributed by atoms with Crippen LogP contribution in [0.2, 0.25) is 0 Å². The largest absolute Gasteiger partial charge is 0.349 e. The summed E-state index contributed by atoms with van der Waals surface area (Å²) in [5.41, 5.74) is 7.14. The van der Waals surface area contributed by atoms with E-state index in [0.29, 0.717) is 38.0 Å².